The average molecular weight is 296 g/mol. The van der Waals surface area contributed by atoms with E-state index in [2.05, 4.69) is 18.7 Å². The van der Waals surface area contributed by atoms with Crippen LogP contribution >= 0.6 is 0 Å². The van der Waals surface area contributed by atoms with Gasteiger partial charge in [-0.15, -0.1) is 0 Å². The van der Waals surface area contributed by atoms with Crippen molar-refractivity contribution in [3.8, 4) is 0 Å². The maximum atomic E-state index is 12.5. The zero-order chi connectivity index (χ0) is 15.6. The Labute approximate surface area is 129 Å². The van der Waals surface area contributed by atoms with Gasteiger partial charge in [0.25, 0.3) is 0 Å². The second kappa shape index (κ2) is 6.55. The summed E-state index contributed by atoms with van der Waals surface area (Å²) in [5.41, 5.74) is -0.412. The summed E-state index contributed by atoms with van der Waals surface area (Å²) in [5, 5.41) is 0. The lowest BCUT2D eigenvalue weighted by Gasteiger charge is -2.34. The highest BCUT2D eigenvalue weighted by molar-refractivity contribution is 5.69. The number of hydrogen-bond donors (Lipinski definition) is 0. The van der Waals surface area contributed by atoms with Crippen LogP contribution < -0.4 is 0 Å². The number of ether oxygens (including phenoxy) is 1. The van der Waals surface area contributed by atoms with Crippen molar-refractivity contribution in [2.45, 2.75) is 90.4 Å². The van der Waals surface area contributed by atoms with Gasteiger partial charge < -0.3 is 14.5 Å². The Morgan fingerprint density at radius 3 is 2.43 bits per heavy atom. The molecule has 0 spiro atoms. The van der Waals surface area contributed by atoms with Gasteiger partial charge >= 0.3 is 6.09 Å². The Kier molecular flexibility index (Phi) is 5.18. The standard InChI is InChI=1S/C17H32N2O2/c1-13-8-9-15(12-14(2)18-10-6-7-11-18)19(13)16(20)21-17(3,4)5/h13-15H,6-12H2,1-5H3. The lowest BCUT2D eigenvalue weighted by atomic mass is 10.1. The third-order valence-corrected chi connectivity index (χ3v) is 4.77. The topological polar surface area (TPSA) is 32.8 Å². The van der Waals surface area contributed by atoms with Crippen LogP contribution in [0.1, 0.15) is 66.7 Å². The molecule has 0 aromatic carbocycles. The molecule has 4 nitrogen and oxygen atoms in total. The van der Waals surface area contributed by atoms with Crippen molar-refractivity contribution >= 4 is 6.09 Å². The summed E-state index contributed by atoms with van der Waals surface area (Å²) in [6, 6.07) is 1.20. The highest BCUT2D eigenvalue weighted by atomic mass is 16.6. The molecule has 0 aromatic heterocycles. The molecule has 3 unspecified atom stereocenters. The number of nitrogens with zero attached hydrogens (tertiary/aromatic N) is 2. The molecule has 0 aromatic rings. The number of rotatable bonds is 3. The van der Waals surface area contributed by atoms with E-state index in [1.807, 2.05) is 25.7 Å². The number of carbonyl (C=O) groups is 1. The molecule has 0 saturated carbocycles. The molecule has 122 valence electrons. The first-order chi connectivity index (χ1) is 9.78. The van der Waals surface area contributed by atoms with Crippen LogP contribution in [0.4, 0.5) is 4.79 Å². The Bertz CT molecular complexity index is 358. The minimum absolute atomic E-state index is 0.133. The van der Waals surface area contributed by atoms with E-state index < -0.39 is 5.60 Å². The molecule has 1 amide bonds. The Balaban J connectivity index is 1.95. The molecule has 2 saturated heterocycles. The molecular formula is C17H32N2O2. The molecule has 2 rings (SSSR count). The molecule has 21 heavy (non-hydrogen) atoms. The van der Waals surface area contributed by atoms with E-state index in [9.17, 15) is 4.79 Å². The highest BCUT2D eigenvalue weighted by Crippen LogP contribution is 2.30. The predicted molar refractivity (Wildman–Crippen MR) is 85.4 cm³/mol. The quantitative estimate of drug-likeness (QED) is 0.797. The van der Waals surface area contributed by atoms with Crippen LogP contribution in [-0.4, -0.2) is 52.7 Å². The minimum Gasteiger partial charge on any atom is -0.444 e. The zero-order valence-corrected chi connectivity index (χ0v) is 14.4. The summed E-state index contributed by atoms with van der Waals surface area (Å²) in [4.78, 5) is 17.0. The summed E-state index contributed by atoms with van der Waals surface area (Å²) in [7, 11) is 0. The summed E-state index contributed by atoms with van der Waals surface area (Å²) in [6.07, 6.45) is 5.78. The minimum atomic E-state index is -0.412. The third kappa shape index (κ3) is 4.35. The molecule has 2 aliphatic heterocycles. The number of likely N-dealkylation sites (tertiary alicyclic amines) is 2. The number of carbonyl (C=O) groups excluding carboxylic acids is 1. The van der Waals surface area contributed by atoms with E-state index in [1.165, 1.54) is 25.9 Å². The van der Waals surface area contributed by atoms with Crippen LogP contribution in [0, 0.1) is 0 Å². The molecule has 3 atom stereocenters. The molecule has 2 aliphatic rings. The molecule has 2 heterocycles. The largest absolute Gasteiger partial charge is 0.444 e. The van der Waals surface area contributed by atoms with Gasteiger partial charge in [0.1, 0.15) is 5.60 Å². The van der Waals surface area contributed by atoms with E-state index in [4.69, 9.17) is 4.74 Å². The van der Waals surface area contributed by atoms with Gasteiger partial charge in [-0.25, -0.2) is 4.79 Å². The Morgan fingerprint density at radius 2 is 1.86 bits per heavy atom. The van der Waals surface area contributed by atoms with E-state index in [-0.39, 0.29) is 6.09 Å². The third-order valence-electron chi connectivity index (χ3n) is 4.77. The summed E-state index contributed by atoms with van der Waals surface area (Å²) in [6.45, 7) is 12.7. The molecule has 4 heteroatoms. The van der Waals surface area contributed by atoms with E-state index in [1.54, 1.807) is 0 Å². The molecule has 0 bridgehead atoms. The first-order valence-electron chi connectivity index (χ1n) is 8.53. The predicted octanol–water partition coefficient (Wildman–Crippen LogP) is 3.65. The second-order valence-electron chi connectivity index (χ2n) is 7.80. The molecule has 2 fully saturated rings. The first kappa shape index (κ1) is 16.6. The van der Waals surface area contributed by atoms with Crippen LogP contribution in [0.3, 0.4) is 0 Å². The van der Waals surface area contributed by atoms with Gasteiger partial charge in [-0.05, 0) is 79.8 Å². The van der Waals surface area contributed by atoms with Gasteiger partial charge in [-0.3, -0.25) is 0 Å². The fourth-order valence-corrected chi connectivity index (χ4v) is 3.67. The molecule has 0 N–H and O–H groups in total. The smallest absolute Gasteiger partial charge is 0.410 e. The Hall–Kier alpha value is -0.770. The van der Waals surface area contributed by atoms with Crippen LogP contribution in [0.5, 0.6) is 0 Å². The van der Waals surface area contributed by atoms with Crippen LogP contribution in [-0.2, 0) is 4.74 Å². The van der Waals surface area contributed by atoms with Crippen molar-refractivity contribution in [1.82, 2.24) is 9.80 Å². The fraction of sp³-hybridized carbons (Fsp3) is 0.941. The average Bonchev–Trinajstić information content (AvgIpc) is 2.96. The maximum Gasteiger partial charge on any atom is 0.410 e. The van der Waals surface area contributed by atoms with Gasteiger partial charge in [0.05, 0.1) is 0 Å². The lowest BCUT2D eigenvalue weighted by molar-refractivity contribution is 0.0134. The Morgan fingerprint density at radius 1 is 1.24 bits per heavy atom. The summed E-state index contributed by atoms with van der Waals surface area (Å²) in [5.74, 6) is 0. The lowest BCUT2D eigenvalue weighted by Crippen LogP contribution is -2.45. The molecule has 0 aliphatic carbocycles. The highest BCUT2D eigenvalue weighted by Gasteiger charge is 2.38. The monoisotopic (exact) mass is 296 g/mol. The van der Waals surface area contributed by atoms with Gasteiger partial charge in [-0.1, -0.05) is 0 Å². The summed E-state index contributed by atoms with van der Waals surface area (Å²) >= 11 is 0. The van der Waals surface area contributed by atoms with Gasteiger partial charge in [-0.2, -0.15) is 0 Å². The van der Waals surface area contributed by atoms with Crippen molar-refractivity contribution in [3.05, 3.63) is 0 Å². The summed E-state index contributed by atoms with van der Waals surface area (Å²) < 4.78 is 5.60. The maximum absolute atomic E-state index is 12.5. The normalized spacial score (nSPS) is 28.9. The number of amides is 1. The van der Waals surface area contributed by atoms with Gasteiger partial charge in [0.15, 0.2) is 0 Å². The van der Waals surface area contributed by atoms with Crippen LogP contribution in [0.25, 0.3) is 0 Å². The van der Waals surface area contributed by atoms with E-state index in [0.717, 1.165) is 19.3 Å². The number of hydrogen-bond acceptors (Lipinski definition) is 3. The van der Waals surface area contributed by atoms with Gasteiger partial charge in [0, 0.05) is 18.1 Å². The van der Waals surface area contributed by atoms with E-state index in [0.29, 0.717) is 18.1 Å². The van der Waals surface area contributed by atoms with E-state index >= 15 is 0 Å². The van der Waals surface area contributed by atoms with Crippen LogP contribution in [0.15, 0.2) is 0 Å². The van der Waals surface area contributed by atoms with Crippen molar-refractivity contribution in [1.29, 1.82) is 0 Å². The van der Waals surface area contributed by atoms with Crippen molar-refractivity contribution < 1.29 is 9.53 Å². The molecule has 0 radical (unpaired) electrons. The second-order valence-corrected chi connectivity index (χ2v) is 7.80. The molecular weight excluding hydrogens is 264 g/mol. The van der Waals surface area contributed by atoms with Crippen molar-refractivity contribution in [2.75, 3.05) is 13.1 Å². The van der Waals surface area contributed by atoms with Crippen molar-refractivity contribution in [2.24, 2.45) is 0 Å². The fourth-order valence-electron chi connectivity index (χ4n) is 3.67. The first-order valence-corrected chi connectivity index (χ1v) is 8.53. The van der Waals surface area contributed by atoms with Crippen LogP contribution in [0.2, 0.25) is 0 Å². The zero-order valence-electron chi connectivity index (χ0n) is 14.4. The SMILES string of the molecule is CC(CC1CCC(C)N1C(=O)OC(C)(C)C)N1CCCC1. The van der Waals surface area contributed by atoms with Gasteiger partial charge in [0.2, 0.25) is 0 Å². The van der Waals surface area contributed by atoms with Crippen molar-refractivity contribution in [3.63, 3.8) is 0 Å².